The molecule has 17 heavy (non-hydrogen) atoms. The molecule has 0 radical (unpaired) electrons. The number of aromatic amines is 1. The van der Waals surface area contributed by atoms with Gasteiger partial charge in [0, 0.05) is 26.2 Å². The molecule has 0 aromatic carbocycles. The van der Waals surface area contributed by atoms with E-state index in [1.54, 1.807) is 6.92 Å². The van der Waals surface area contributed by atoms with Crippen molar-refractivity contribution in [3.8, 4) is 0 Å². The molecule has 1 amide bonds. The lowest BCUT2D eigenvalue weighted by Gasteiger charge is -2.33. The molecule has 6 heteroatoms. The molecule has 1 aromatic rings. The fourth-order valence-electron chi connectivity index (χ4n) is 2.07. The monoisotopic (exact) mass is 237 g/mol. The van der Waals surface area contributed by atoms with E-state index in [4.69, 9.17) is 0 Å². The minimum Gasteiger partial charge on any atom is -0.333 e. The molecular formula is C11H19N5O. The third kappa shape index (κ3) is 2.82. The van der Waals surface area contributed by atoms with E-state index in [9.17, 15) is 4.79 Å². The molecule has 1 aliphatic heterocycles. The zero-order chi connectivity index (χ0) is 12.3. The van der Waals surface area contributed by atoms with Gasteiger partial charge in [-0.05, 0) is 19.9 Å². The van der Waals surface area contributed by atoms with Crippen molar-refractivity contribution in [1.82, 2.24) is 25.0 Å². The largest absolute Gasteiger partial charge is 0.333 e. The summed E-state index contributed by atoms with van der Waals surface area (Å²) in [5.41, 5.74) is 0. The maximum atomic E-state index is 12.0. The summed E-state index contributed by atoms with van der Waals surface area (Å²) in [6.45, 7) is 8.52. The van der Waals surface area contributed by atoms with Gasteiger partial charge in [-0.25, -0.2) is 4.98 Å². The fraction of sp³-hybridized carbons (Fsp3) is 0.727. The van der Waals surface area contributed by atoms with Crippen LogP contribution in [0, 0.1) is 6.92 Å². The minimum atomic E-state index is -0.0644. The van der Waals surface area contributed by atoms with E-state index in [0.29, 0.717) is 5.82 Å². The van der Waals surface area contributed by atoms with Crippen LogP contribution in [-0.2, 0) is 0 Å². The summed E-state index contributed by atoms with van der Waals surface area (Å²) < 4.78 is 0. The van der Waals surface area contributed by atoms with Crippen LogP contribution in [0.25, 0.3) is 0 Å². The van der Waals surface area contributed by atoms with Gasteiger partial charge in [-0.3, -0.25) is 14.8 Å². The van der Waals surface area contributed by atoms with Crippen LogP contribution in [0.15, 0.2) is 0 Å². The summed E-state index contributed by atoms with van der Waals surface area (Å²) in [5.74, 6) is 0.898. The Morgan fingerprint density at radius 1 is 1.35 bits per heavy atom. The molecule has 0 atom stereocenters. The molecule has 0 saturated carbocycles. The second-order valence-electron chi connectivity index (χ2n) is 4.38. The summed E-state index contributed by atoms with van der Waals surface area (Å²) in [6, 6.07) is 0. The van der Waals surface area contributed by atoms with Gasteiger partial charge in [0.25, 0.3) is 5.91 Å². The maximum absolute atomic E-state index is 12.0. The third-order valence-electron chi connectivity index (χ3n) is 2.99. The molecule has 1 aromatic heterocycles. The number of hydrogen-bond donors (Lipinski definition) is 1. The van der Waals surface area contributed by atoms with Crippen molar-refractivity contribution < 1.29 is 4.79 Å². The Labute approximate surface area is 101 Å². The van der Waals surface area contributed by atoms with Crippen molar-refractivity contribution in [2.75, 3.05) is 32.7 Å². The Kier molecular flexibility index (Phi) is 3.73. The number of carbonyl (C=O) groups is 1. The third-order valence-corrected chi connectivity index (χ3v) is 2.99. The molecule has 94 valence electrons. The van der Waals surface area contributed by atoms with Gasteiger partial charge in [0.05, 0.1) is 0 Å². The number of nitrogens with zero attached hydrogens (tertiary/aromatic N) is 4. The van der Waals surface area contributed by atoms with Crippen molar-refractivity contribution >= 4 is 5.91 Å². The number of amides is 1. The Hall–Kier alpha value is -1.43. The average molecular weight is 237 g/mol. The number of carbonyl (C=O) groups excluding carboxylic acids is 1. The van der Waals surface area contributed by atoms with E-state index in [2.05, 4.69) is 27.0 Å². The number of aromatic nitrogens is 3. The fourth-order valence-corrected chi connectivity index (χ4v) is 2.07. The molecule has 1 aliphatic rings. The number of piperazine rings is 1. The summed E-state index contributed by atoms with van der Waals surface area (Å²) >= 11 is 0. The Bertz CT molecular complexity index is 381. The van der Waals surface area contributed by atoms with Crippen molar-refractivity contribution in [3.05, 3.63) is 11.6 Å². The van der Waals surface area contributed by atoms with Gasteiger partial charge in [0.1, 0.15) is 5.82 Å². The van der Waals surface area contributed by atoms with Gasteiger partial charge in [0.15, 0.2) is 0 Å². The molecule has 0 spiro atoms. The zero-order valence-corrected chi connectivity index (χ0v) is 10.4. The van der Waals surface area contributed by atoms with Gasteiger partial charge in [-0.1, -0.05) is 6.92 Å². The van der Waals surface area contributed by atoms with Gasteiger partial charge in [0.2, 0.25) is 5.82 Å². The summed E-state index contributed by atoms with van der Waals surface area (Å²) in [5, 5.41) is 6.60. The molecule has 0 aliphatic carbocycles. The first kappa shape index (κ1) is 12.0. The lowest BCUT2D eigenvalue weighted by Crippen LogP contribution is -2.49. The second kappa shape index (κ2) is 5.27. The minimum absolute atomic E-state index is 0.0644. The van der Waals surface area contributed by atoms with E-state index in [-0.39, 0.29) is 11.7 Å². The first-order valence-electron chi connectivity index (χ1n) is 6.11. The van der Waals surface area contributed by atoms with Crippen molar-refractivity contribution in [1.29, 1.82) is 0 Å². The molecule has 6 nitrogen and oxygen atoms in total. The standard InChI is InChI=1S/C11H19N5O/c1-3-4-15-5-7-16(8-6-15)11(17)10-12-9(2)13-14-10/h3-8H2,1-2H3,(H,12,13,14). The number of hydrogen-bond acceptors (Lipinski definition) is 4. The maximum Gasteiger partial charge on any atom is 0.293 e. The van der Waals surface area contributed by atoms with E-state index in [0.717, 1.165) is 39.1 Å². The van der Waals surface area contributed by atoms with Crippen LogP contribution >= 0.6 is 0 Å². The van der Waals surface area contributed by atoms with Crippen LogP contribution in [0.3, 0.4) is 0 Å². The Morgan fingerprint density at radius 2 is 2.06 bits per heavy atom. The molecule has 0 unspecified atom stereocenters. The van der Waals surface area contributed by atoms with Crippen LogP contribution in [0.5, 0.6) is 0 Å². The molecule has 0 bridgehead atoms. The molecule has 2 heterocycles. The van der Waals surface area contributed by atoms with E-state index < -0.39 is 0 Å². The number of aryl methyl sites for hydroxylation is 1. The van der Waals surface area contributed by atoms with Crippen molar-refractivity contribution in [2.45, 2.75) is 20.3 Å². The van der Waals surface area contributed by atoms with Crippen LogP contribution in [-0.4, -0.2) is 63.6 Å². The zero-order valence-electron chi connectivity index (χ0n) is 10.4. The highest BCUT2D eigenvalue weighted by molar-refractivity contribution is 5.90. The molecule has 1 N–H and O–H groups in total. The SMILES string of the molecule is CCCN1CCN(C(=O)c2n[nH]c(C)n2)CC1. The summed E-state index contributed by atoms with van der Waals surface area (Å²) in [6.07, 6.45) is 1.16. The lowest BCUT2D eigenvalue weighted by atomic mass is 10.3. The van der Waals surface area contributed by atoms with E-state index >= 15 is 0 Å². The van der Waals surface area contributed by atoms with Crippen LogP contribution in [0.2, 0.25) is 0 Å². The molecule has 2 rings (SSSR count). The molecular weight excluding hydrogens is 218 g/mol. The highest BCUT2D eigenvalue weighted by Gasteiger charge is 2.23. The van der Waals surface area contributed by atoms with E-state index in [1.807, 2.05) is 4.90 Å². The van der Waals surface area contributed by atoms with Gasteiger partial charge >= 0.3 is 0 Å². The van der Waals surface area contributed by atoms with Crippen LogP contribution in [0.1, 0.15) is 29.8 Å². The smallest absolute Gasteiger partial charge is 0.293 e. The number of nitrogens with one attached hydrogen (secondary N) is 1. The van der Waals surface area contributed by atoms with Gasteiger partial charge in [-0.2, -0.15) is 0 Å². The van der Waals surface area contributed by atoms with Gasteiger partial charge in [-0.15, -0.1) is 5.10 Å². The normalized spacial score (nSPS) is 17.4. The average Bonchev–Trinajstić information content (AvgIpc) is 2.76. The summed E-state index contributed by atoms with van der Waals surface area (Å²) in [7, 11) is 0. The topological polar surface area (TPSA) is 65.1 Å². The van der Waals surface area contributed by atoms with E-state index in [1.165, 1.54) is 0 Å². The van der Waals surface area contributed by atoms with Crippen molar-refractivity contribution in [3.63, 3.8) is 0 Å². The molecule has 1 fully saturated rings. The summed E-state index contributed by atoms with van der Waals surface area (Å²) in [4.78, 5) is 20.3. The predicted molar refractivity (Wildman–Crippen MR) is 63.8 cm³/mol. The highest BCUT2D eigenvalue weighted by atomic mass is 16.2. The van der Waals surface area contributed by atoms with Crippen LogP contribution in [0.4, 0.5) is 0 Å². The second-order valence-corrected chi connectivity index (χ2v) is 4.38. The number of rotatable bonds is 3. The quantitative estimate of drug-likeness (QED) is 0.820. The van der Waals surface area contributed by atoms with Gasteiger partial charge < -0.3 is 4.90 Å². The first-order chi connectivity index (χ1) is 8.20. The molecule has 1 saturated heterocycles. The Morgan fingerprint density at radius 3 is 2.59 bits per heavy atom. The predicted octanol–water partition coefficient (Wildman–Crippen LogP) is 0.281. The first-order valence-corrected chi connectivity index (χ1v) is 6.11. The number of H-pyrrole nitrogens is 1. The van der Waals surface area contributed by atoms with Crippen LogP contribution < -0.4 is 0 Å². The van der Waals surface area contributed by atoms with Crippen molar-refractivity contribution in [2.24, 2.45) is 0 Å². The Balaban J connectivity index is 1.90. The lowest BCUT2D eigenvalue weighted by molar-refractivity contribution is 0.0626. The highest BCUT2D eigenvalue weighted by Crippen LogP contribution is 2.06.